The van der Waals surface area contributed by atoms with Gasteiger partial charge in [0.15, 0.2) is 5.78 Å². The molecule has 0 aliphatic heterocycles. The number of carbonyl (C=O) groups is 1. The summed E-state index contributed by atoms with van der Waals surface area (Å²) >= 11 is 0. The number of hydrogen-bond acceptors (Lipinski definition) is 3. The fourth-order valence-electron chi connectivity index (χ4n) is 1.80. The van der Waals surface area contributed by atoms with Crippen LogP contribution < -0.4 is 4.74 Å². The van der Waals surface area contributed by atoms with Crippen LogP contribution in [0.25, 0.3) is 0 Å². The van der Waals surface area contributed by atoms with Gasteiger partial charge in [0.1, 0.15) is 5.75 Å². The predicted octanol–water partition coefficient (Wildman–Crippen LogP) is 2.27. The van der Waals surface area contributed by atoms with Crippen molar-refractivity contribution >= 4 is 5.78 Å². The van der Waals surface area contributed by atoms with Crippen molar-refractivity contribution in [2.45, 2.75) is 12.8 Å². The average molecular weight is 204 g/mol. The monoisotopic (exact) mass is 204 g/mol. The standard InChI is InChI=1S/C12H12O3/c1-15-10-4-5-11-8(6-10)2-3-9(7-13)12(11)14/h4-7,13H,2-3H2,1H3/b9-7+. The molecular formula is C12H12O3. The van der Waals surface area contributed by atoms with Crippen LogP contribution in [0.3, 0.4) is 0 Å². The van der Waals surface area contributed by atoms with Crippen LogP contribution in [0.1, 0.15) is 22.3 Å². The quantitative estimate of drug-likeness (QED) is 0.563. The molecule has 0 saturated heterocycles. The zero-order chi connectivity index (χ0) is 10.8. The lowest BCUT2D eigenvalue weighted by molar-refractivity contribution is 0.102. The summed E-state index contributed by atoms with van der Waals surface area (Å²) in [5.41, 5.74) is 2.14. The molecule has 3 nitrogen and oxygen atoms in total. The van der Waals surface area contributed by atoms with Crippen LogP contribution in [0.15, 0.2) is 30.0 Å². The van der Waals surface area contributed by atoms with Crippen molar-refractivity contribution in [2.24, 2.45) is 0 Å². The minimum absolute atomic E-state index is 0.0820. The van der Waals surface area contributed by atoms with Crippen LogP contribution in [-0.2, 0) is 6.42 Å². The SMILES string of the molecule is COc1ccc2c(c1)CC/C(=C\O)C2=O. The Labute approximate surface area is 88.0 Å². The molecule has 1 aromatic rings. The van der Waals surface area contributed by atoms with Gasteiger partial charge >= 0.3 is 0 Å². The maximum atomic E-state index is 11.8. The highest BCUT2D eigenvalue weighted by Gasteiger charge is 2.22. The van der Waals surface area contributed by atoms with E-state index in [-0.39, 0.29) is 5.78 Å². The molecule has 3 heteroatoms. The minimum Gasteiger partial charge on any atom is -0.515 e. The van der Waals surface area contributed by atoms with Gasteiger partial charge in [0.25, 0.3) is 0 Å². The molecule has 0 unspecified atom stereocenters. The number of benzene rings is 1. The first-order valence-electron chi connectivity index (χ1n) is 4.81. The van der Waals surface area contributed by atoms with Crippen molar-refractivity contribution in [3.63, 3.8) is 0 Å². The van der Waals surface area contributed by atoms with E-state index in [0.29, 0.717) is 17.6 Å². The largest absolute Gasteiger partial charge is 0.515 e. The highest BCUT2D eigenvalue weighted by Crippen LogP contribution is 2.27. The lowest BCUT2D eigenvalue weighted by Gasteiger charge is -2.17. The van der Waals surface area contributed by atoms with Gasteiger partial charge in [0.05, 0.1) is 13.4 Å². The van der Waals surface area contributed by atoms with E-state index in [1.807, 2.05) is 6.07 Å². The number of Topliss-reactive ketones (excluding diaryl/α,β-unsaturated/α-hetero) is 1. The maximum absolute atomic E-state index is 11.8. The second-order valence-corrected chi connectivity index (χ2v) is 3.51. The first kappa shape index (κ1) is 9.77. The van der Waals surface area contributed by atoms with Gasteiger partial charge in [0, 0.05) is 11.1 Å². The van der Waals surface area contributed by atoms with E-state index in [0.717, 1.165) is 24.0 Å². The van der Waals surface area contributed by atoms with Crippen LogP contribution in [0.5, 0.6) is 5.75 Å². The Morgan fingerprint density at radius 1 is 1.40 bits per heavy atom. The Morgan fingerprint density at radius 2 is 2.20 bits per heavy atom. The number of hydrogen-bond donors (Lipinski definition) is 1. The van der Waals surface area contributed by atoms with Gasteiger partial charge in [-0.25, -0.2) is 0 Å². The number of aliphatic hydroxyl groups is 1. The number of allylic oxidation sites excluding steroid dienone is 1. The Hall–Kier alpha value is -1.77. The van der Waals surface area contributed by atoms with Gasteiger partial charge in [-0.1, -0.05) is 0 Å². The molecule has 1 N–H and O–H groups in total. The summed E-state index contributed by atoms with van der Waals surface area (Å²) in [6.07, 6.45) is 2.27. The van der Waals surface area contributed by atoms with Crippen LogP contribution >= 0.6 is 0 Å². The highest BCUT2D eigenvalue weighted by molar-refractivity contribution is 6.10. The summed E-state index contributed by atoms with van der Waals surface area (Å²) in [6, 6.07) is 5.39. The molecule has 15 heavy (non-hydrogen) atoms. The third kappa shape index (κ3) is 1.61. The van der Waals surface area contributed by atoms with E-state index >= 15 is 0 Å². The van der Waals surface area contributed by atoms with E-state index in [1.165, 1.54) is 0 Å². The Kier molecular flexibility index (Phi) is 2.46. The van der Waals surface area contributed by atoms with Gasteiger partial charge in [-0.15, -0.1) is 0 Å². The van der Waals surface area contributed by atoms with E-state index in [4.69, 9.17) is 9.84 Å². The van der Waals surface area contributed by atoms with Gasteiger partial charge in [-0.2, -0.15) is 0 Å². The number of fused-ring (bicyclic) bond motifs is 1. The van der Waals surface area contributed by atoms with E-state index < -0.39 is 0 Å². The van der Waals surface area contributed by atoms with Gasteiger partial charge in [-0.05, 0) is 36.6 Å². The number of carbonyl (C=O) groups excluding carboxylic acids is 1. The van der Waals surface area contributed by atoms with Gasteiger partial charge in [0.2, 0.25) is 0 Å². The number of aliphatic hydroxyl groups excluding tert-OH is 1. The fourth-order valence-corrected chi connectivity index (χ4v) is 1.80. The Balaban J connectivity index is 2.46. The molecule has 0 atom stereocenters. The van der Waals surface area contributed by atoms with Crippen LogP contribution in [0.4, 0.5) is 0 Å². The second kappa shape index (κ2) is 3.77. The van der Waals surface area contributed by atoms with E-state index in [2.05, 4.69) is 0 Å². The van der Waals surface area contributed by atoms with Crippen LogP contribution in [-0.4, -0.2) is 18.0 Å². The van der Waals surface area contributed by atoms with E-state index in [9.17, 15) is 4.79 Å². The zero-order valence-electron chi connectivity index (χ0n) is 8.49. The van der Waals surface area contributed by atoms with Crippen molar-refractivity contribution in [1.29, 1.82) is 0 Å². The van der Waals surface area contributed by atoms with Crippen molar-refractivity contribution in [2.75, 3.05) is 7.11 Å². The zero-order valence-corrected chi connectivity index (χ0v) is 8.49. The first-order valence-corrected chi connectivity index (χ1v) is 4.81. The first-order chi connectivity index (χ1) is 7.26. The molecular weight excluding hydrogens is 192 g/mol. The number of ketones is 1. The molecule has 0 radical (unpaired) electrons. The lowest BCUT2D eigenvalue weighted by atomic mass is 9.87. The third-order valence-corrected chi connectivity index (χ3v) is 2.67. The number of ether oxygens (including phenoxy) is 1. The number of methoxy groups -OCH3 is 1. The van der Waals surface area contributed by atoms with Gasteiger partial charge < -0.3 is 9.84 Å². The van der Waals surface area contributed by atoms with Gasteiger partial charge in [-0.3, -0.25) is 4.79 Å². The number of rotatable bonds is 1. The molecule has 0 bridgehead atoms. The summed E-state index contributed by atoms with van der Waals surface area (Å²) in [5.74, 6) is 0.680. The molecule has 2 rings (SSSR count). The molecule has 1 aliphatic rings. The fraction of sp³-hybridized carbons (Fsp3) is 0.250. The molecule has 0 spiro atoms. The normalized spacial score (nSPS) is 17.7. The van der Waals surface area contributed by atoms with Crippen molar-refractivity contribution in [3.8, 4) is 5.75 Å². The molecule has 0 saturated carbocycles. The Bertz CT molecular complexity index is 432. The topological polar surface area (TPSA) is 46.5 Å². The van der Waals surface area contributed by atoms with Crippen molar-refractivity contribution in [1.82, 2.24) is 0 Å². The summed E-state index contributed by atoms with van der Waals surface area (Å²) in [5, 5.41) is 8.88. The smallest absolute Gasteiger partial charge is 0.192 e. The molecule has 1 aliphatic carbocycles. The summed E-state index contributed by atoms with van der Waals surface area (Å²) < 4.78 is 5.09. The molecule has 0 heterocycles. The third-order valence-electron chi connectivity index (χ3n) is 2.67. The highest BCUT2D eigenvalue weighted by atomic mass is 16.5. The molecule has 78 valence electrons. The molecule has 1 aromatic carbocycles. The summed E-state index contributed by atoms with van der Waals surface area (Å²) in [7, 11) is 1.60. The van der Waals surface area contributed by atoms with Crippen LogP contribution in [0, 0.1) is 0 Å². The van der Waals surface area contributed by atoms with Crippen molar-refractivity contribution in [3.05, 3.63) is 41.2 Å². The lowest BCUT2D eigenvalue weighted by Crippen LogP contribution is -2.14. The summed E-state index contributed by atoms with van der Waals surface area (Å²) in [4.78, 5) is 11.8. The molecule has 0 amide bonds. The molecule has 0 aromatic heterocycles. The van der Waals surface area contributed by atoms with Crippen molar-refractivity contribution < 1.29 is 14.6 Å². The number of aryl methyl sites for hydroxylation is 1. The predicted molar refractivity (Wildman–Crippen MR) is 56.4 cm³/mol. The van der Waals surface area contributed by atoms with Crippen LogP contribution in [0.2, 0.25) is 0 Å². The maximum Gasteiger partial charge on any atom is 0.192 e. The second-order valence-electron chi connectivity index (χ2n) is 3.51. The minimum atomic E-state index is -0.0820. The average Bonchev–Trinajstić information content (AvgIpc) is 2.29. The van der Waals surface area contributed by atoms with E-state index in [1.54, 1.807) is 19.2 Å². The molecule has 0 fully saturated rings. The Morgan fingerprint density at radius 3 is 2.87 bits per heavy atom. The summed E-state index contributed by atoms with van der Waals surface area (Å²) in [6.45, 7) is 0.